The second-order valence-electron chi connectivity index (χ2n) is 5.55. The van der Waals surface area contributed by atoms with Crippen LogP contribution < -0.4 is 10.5 Å². The SMILES string of the molecule is CCc1cc(CC(N)CC)cc(Cl)c1OCC1CC1.Cl. The van der Waals surface area contributed by atoms with Crippen LogP contribution in [-0.2, 0) is 12.8 Å². The molecule has 0 aliphatic heterocycles. The predicted octanol–water partition coefficient (Wildman–Crippen LogP) is 4.39. The summed E-state index contributed by atoms with van der Waals surface area (Å²) in [6, 6.07) is 4.42. The first-order valence-corrected chi connectivity index (χ1v) is 7.71. The summed E-state index contributed by atoms with van der Waals surface area (Å²) >= 11 is 6.38. The Morgan fingerprint density at radius 3 is 2.60 bits per heavy atom. The van der Waals surface area contributed by atoms with Crippen molar-refractivity contribution in [3.8, 4) is 5.75 Å². The molecule has 1 aromatic carbocycles. The van der Waals surface area contributed by atoms with Crippen LogP contribution in [0.5, 0.6) is 5.75 Å². The van der Waals surface area contributed by atoms with Crippen molar-refractivity contribution < 1.29 is 4.74 Å². The molecule has 0 bridgehead atoms. The number of rotatable bonds is 7. The number of benzene rings is 1. The molecule has 0 heterocycles. The van der Waals surface area contributed by atoms with Gasteiger partial charge < -0.3 is 10.5 Å². The normalized spacial score (nSPS) is 15.6. The standard InChI is InChI=1S/C16H24ClNO.ClH/c1-3-13-7-12(8-14(18)4-2)9-15(17)16(13)19-10-11-5-6-11;/h7,9,11,14H,3-6,8,10,18H2,1-2H3;1H. The smallest absolute Gasteiger partial charge is 0.141 e. The Kier molecular flexibility index (Phi) is 7.14. The van der Waals surface area contributed by atoms with Gasteiger partial charge in [0.05, 0.1) is 11.6 Å². The Morgan fingerprint density at radius 2 is 2.05 bits per heavy atom. The van der Waals surface area contributed by atoms with Crippen LogP contribution in [0.2, 0.25) is 5.02 Å². The predicted molar refractivity (Wildman–Crippen MR) is 88.3 cm³/mol. The molecule has 1 atom stereocenters. The van der Waals surface area contributed by atoms with Gasteiger partial charge in [-0.15, -0.1) is 12.4 Å². The van der Waals surface area contributed by atoms with Gasteiger partial charge in [-0.2, -0.15) is 0 Å². The first kappa shape index (κ1) is 17.6. The molecular weight excluding hydrogens is 293 g/mol. The van der Waals surface area contributed by atoms with Crippen LogP contribution in [0.15, 0.2) is 12.1 Å². The first-order chi connectivity index (χ1) is 9.13. The zero-order chi connectivity index (χ0) is 13.8. The van der Waals surface area contributed by atoms with Crippen LogP contribution in [0.25, 0.3) is 0 Å². The molecule has 0 saturated heterocycles. The summed E-state index contributed by atoms with van der Waals surface area (Å²) in [7, 11) is 0. The minimum atomic E-state index is 0. The lowest BCUT2D eigenvalue weighted by atomic mass is 10.0. The van der Waals surface area contributed by atoms with Gasteiger partial charge in [0, 0.05) is 6.04 Å². The van der Waals surface area contributed by atoms with E-state index in [-0.39, 0.29) is 18.4 Å². The molecule has 1 aliphatic carbocycles. The maximum absolute atomic E-state index is 6.38. The lowest BCUT2D eigenvalue weighted by Gasteiger charge is -2.16. The van der Waals surface area contributed by atoms with E-state index in [9.17, 15) is 0 Å². The Morgan fingerprint density at radius 1 is 1.35 bits per heavy atom. The number of ether oxygens (including phenoxy) is 1. The number of hydrogen-bond acceptors (Lipinski definition) is 2. The summed E-state index contributed by atoms with van der Waals surface area (Å²) in [6.07, 6.45) is 5.39. The van der Waals surface area contributed by atoms with Crippen LogP contribution in [0.1, 0.15) is 44.2 Å². The van der Waals surface area contributed by atoms with Gasteiger partial charge in [0.1, 0.15) is 5.75 Å². The van der Waals surface area contributed by atoms with Crippen LogP contribution in [0.3, 0.4) is 0 Å². The van der Waals surface area contributed by atoms with Crippen molar-refractivity contribution >= 4 is 24.0 Å². The van der Waals surface area contributed by atoms with Gasteiger partial charge in [-0.25, -0.2) is 0 Å². The van der Waals surface area contributed by atoms with Crippen molar-refractivity contribution in [1.82, 2.24) is 0 Å². The van der Waals surface area contributed by atoms with Gasteiger partial charge in [-0.05, 0) is 55.2 Å². The molecule has 0 amide bonds. The fourth-order valence-electron chi connectivity index (χ4n) is 2.19. The molecule has 1 saturated carbocycles. The fourth-order valence-corrected chi connectivity index (χ4v) is 2.50. The van der Waals surface area contributed by atoms with Crippen molar-refractivity contribution in [2.45, 2.75) is 52.0 Å². The third kappa shape index (κ3) is 4.83. The molecular formula is C16H25Cl2NO. The van der Waals surface area contributed by atoms with Crippen molar-refractivity contribution in [3.63, 3.8) is 0 Å². The van der Waals surface area contributed by atoms with E-state index in [0.717, 1.165) is 42.6 Å². The van der Waals surface area contributed by atoms with Crippen molar-refractivity contribution in [2.24, 2.45) is 11.7 Å². The van der Waals surface area contributed by atoms with Crippen LogP contribution in [-0.4, -0.2) is 12.6 Å². The topological polar surface area (TPSA) is 35.2 Å². The highest BCUT2D eigenvalue weighted by molar-refractivity contribution is 6.32. The average Bonchev–Trinajstić information content (AvgIpc) is 3.20. The van der Waals surface area contributed by atoms with Gasteiger partial charge in [-0.1, -0.05) is 31.5 Å². The summed E-state index contributed by atoms with van der Waals surface area (Å²) in [6.45, 7) is 5.06. The maximum Gasteiger partial charge on any atom is 0.141 e. The summed E-state index contributed by atoms with van der Waals surface area (Å²) in [5, 5.41) is 0.735. The van der Waals surface area contributed by atoms with Gasteiger partial charge >= 0.3 is 0 Å². The molecule has 2 rings (SSSR count). The van der Waals surface area contributed by atoms with Crippen molar-refractivity contribution in [2.75, 3.05) is 6.61 Å². The Labute approximate surface area is 133 Å². The van der Waals surface area contributed by atoms with Gasteiger partial charge in [0.2, 0.25) is 0 Å². The van der Waals surface area contributed by atoms with E-state index < -0.39 is 0 Å². The van der Waals surface area contributed by atoms with E-state index in [2.05, 4.69) is 19.9 Å². The van der Waals surface area contributed by atoms with E-state index >= 15 is 0 Å². The third-order valence-corrected chi connectivity index (χ3v) is 4.02. The lowest BCUT2D eigenvalue weighted by molar-refractivity contribution is 0.297. The Balaban J connectivity index is 0.00000200. The fraction of sp³-hybridized carbons (Fsp3) is 0.625. The highest BCUT2D eigenvalue weighted by Gasteiger charge is 2.23. The quantitative estimate of drug-likeness (QED) is 0.809. The minimum absolute atomic E-state index is 0. The average molecular weight is 318 g/mol. The third-order valence-electron chi connectivity index (χ3n) is 3.74. The Hall–Kier alpha value is -0.440. The second kappa shape index (κ2) is 8.11. The number of halogens is 2. The van der Waals surface area contributed by atoms with Crippen LogP contribution in [0, 0.1) is 5.92 Å². The van der Waals surface area contributed by atoms with E-state index in [1.54, 1.807) is 0 Å². The second-order valence-corrected chi connectivity index (χ2v) is 5.95. The number of nitrogens with two attached hydrogens (primary N) is 1. The monoisotopic (exact) mass is 317 g/mol. The molecule has 1 unspecified atom stereocenters. The van der Waals surface area contributed by atoms with E-state index in [0.29, 0.717) is 0 Å². The largest absolute Gasteiger partial charge is 0.491 e. The molecule has 2 N–H and O–H groups in total. The molecule has 4 heteroatoms. The summed E-state index contributed by atoms with van der Waals surface area (Å²) in [5.74, 6) is 1.62. The molecule has 20 heavy (non-hydrogen) atoms. The molecule has 2 nitrogen and oxygen atoms in total. The van der Waals surface area contributed by atoms with Crippen molar-refractivity contribution in [3.05, 3.63) is 28.3 Å². The van der Waals surface area contributed by atoms with Crippen LogP contribution >= 0.6 is 24.0 Å². The summed E-state index contributed by atoms with van der Waals surface area (Å²) < 4.78 is 5.91. The number of hydrogen-bond donors (Lipinski definition) is 1. The zero-order valence-electron chi connectivity index (χ0n) is 12.3. The molecule has 1 fully saturated rings. The molecule has 0 aromatic heterocycles. The lowest BCUT2D eigenvalue weighted by Crippen LogP contribution is -2.21. The van der Waals surface area contributed by atoms with Gasteiger partial charge in [-0.3, -0.25) is 0 Å². The minimum Gasteiger partial charge on any atom is -0.491 e. The van der Waals surface area contributed by atoms with Gasteiger partial charge in [0.25, 0.3) is 0 Å². The van der Waals surface area contributed by atoms with Crippen molar-refractivity contribution in [1.29, 1.82) is 0 Å². The van der Waals surface area contributed by atoms with E-state index in [4.69, 9.17) is 22.1 Å². The van der Waals surface area contributed by atoms with Gasteiger partial charge in [0.15, 0.2) is 0 Å². The van der Waals surface area contributed by atoms with Crippen LogP contribution in [0.4, 0.5) is 0 Å². The number of aryl methyl sites for hydroxylation is 1. The highest BCUT2D eigenvalue weighted by Crippen LogP contribution is 2.35. The summed E-state index contributed by atoms with van der Waals surface area (Å²) in [4.78, 5) is 0. The highest BCUT2D eigenvalue weighted by atomic mass is 35.5. The molecule has 0 radical (unpaired) electrons. The maximum atomic E-state index is 6.38. The molecule has 0 spiro atoms. The molecule has 1 aromatic rings. The zero-order valence-corrected chi connectivity index (χ0v) is 13.9. The Bertz CT molecular complexity index is 433. The summed E-state index contributed by atoms with van der Waals surface area (Å²) in [5.41, 5.74) is 8.43. The van der Waals surface area contributed by atoms with E-state index in [1.807, 2.05) is 6.07 Å². The molecule has 1 aliphatic rings. The first-order valence-electron chi connectivity index (χ1n) is 7.33. The van der Waals surface area contributed by atoms with E-state index in [1.165, 1.54) is 24.0 Å². The molecule has 114 valence electrons.